The third-order valence-electron chi connectivity index (χ3n) is 2.73. The first-order valence-corrected chi connectivity index (χ1v) is 6.43. The molecule has 0 aliphatic rings. The van der Waals surface area contributed by atoms with E-state index in [1.54, 1.807) is 6.07 Å². The summed E-state index contributed by atoms with van der Waals surface area (Å²) in [5.41, 5.74) is -0.348. The van der Waals surface area contributed by atoms with E-state index in [0.29, 0.717) is 30.3 Å². The zero-order chi connectivity index (χ0) is 14.5. The number of ether oxygens (including phenoxy) is 1. The molecule has 1 unspecified atom stereocenters. The van der Waals surface area contributed by atoms with Gasteiger partial charge in [0.25, 0.3) is 0 Å². The fourth-order valence-corrected chi connectivity index (χ4v) is 2.10. The first kappa shape index (κ1) is 15.7. The normalized spacial score (nSPS) is 14.4. The van der Waals surface area contributed by atoms with Crippen LogP contribution in [-0.2, 0) is 11.3 Å². The van der Waals surface area contributed by atoms with E-state index in [2.05, 4.69) is 23.9 Å². The summed E-state index contributed by atoms with van der Waals surface area (Å²) >= 11 is 0. The van der Waals surface area contributed by atoms with E-state index < -0.39 is 11.6 Å². The van der Waals surface area contributed by atoms with Crippen LogP contribution in [-0.4, -0.2) is 30.3 Å². The lowest BCUT2D eigenvalue weighted by molar-refractivity contribution is 0.0379. The molecule has 0 bridgehead atoms. The number of rotatable bonds is 7. The van der Waals surface area contributed by atoms with Crippen LogP contribution in [0.2, 0.25) is 0 Å². The average molecular weight is 269 g/mol. The van der Waals surface area contributed by atoms with E-state index in [-0.39, 0.29) is 0 Å². The van der Waals surface area contributed by atoms with Crippen LogP contribution in [0.5, 0.6) is 0 Å². The van der Waals surface area contributed by atoms with Crippen molar-refractivity contribution < 1.29 is 19.1 Å². The molecular formula is C14H23NO4. The van der Waals surface area contributed by atoms with Crippen molar-refractivity contribution in [3.8, 4) is 0 Å². The Morgan fingerprint density at radius 3 is 2.84 bits per heavy atom. The standard InChI is InChI=1S/C14H23NO4/c1-10(2)6-14(3,17)9-15-7-12-5-11(8-19-12)13(16)18-4/h5,8,10,15,17H,6-7,9H2,1-4H3. The maximum atomic E-state index is 11.2. The molecule has 108 valence electrons. The molecule has 0 spiro atoms. The summed E-state index contributed by atoms with van der Waals surface area (Å²) in [7, 11) is 1.33. The van der Waals surface area contributed by atoms with Gasteiger partial charge < -0.3 is 19.6 Å². The summed E-state index contributed by atoms with van der Waals surface area (Å²) in [6, 6.07) is 1.63. The molecule has 0 saturated carbocycles. The van der Waals surface area contributed by atoms with Gasteiger partial charge >= 0.3 is 5.97 Å². The summed E-state index contributed by atoms with van der Waals surface area (Å²) in [6.45, 7) is 6.89. The maximum absolute atomic E-state index is 11.2. The quantitative estimate of drug-likeness (QED) is 0.740. The van der Waals surface area contributed by atoms with Crippen LogP contribution in [0.3, 0.4) is 0 Å². The second kappa shape index (κ2) is 6.73. The first-order chi connectivity index (χ1) is 8.84. The zero-order valence-corrected chi connectivity index (χ0v) is 12.0. The fourth-order valence-electron chi connectivity index (χ4n) is 2.10. The highest BCUT2D eigenvalue weighted by Crippen LogP contribution is 2.15. The molecule has 5 heteroatoms. The minimum Gasteiger partial charge on any atom is -0.467 e. The molecule has 1 aromatic rings. The first-order valence-electron chi connectivity index (χ1n) is 6.43. The van der Waals surface area contributed by atoms with Gasteiger partial charge in [-0.1, -0.05) is 13.8 Å². The second-order valence-electron chi connectivity index (χ2n) is 5.49. The van der Waals surface area contributed by atoms with Crippen LogP contribution in [0.4, 0.5) is 0 Å². The number of nitrogens with one attached hydrogen (secondary N) is 1. The molecule has 0 amide bonds. The van der Waals surface area contributed by atoms with Gasteiger partial charge in [0.1, 0.15) is 12.0 Å². The van der Waals surface area contributed by atoms with Crippen molar-refractivity contribution in [2.45, 2.75) is 39.3 Å². The Morgan fingerprint density at radius 2 is 2.26 bits per heavy atom. The number of furan rings is 1. The lowest BCUT2D eigenvalue weighted by atomic mass is 9.94. The van der Waals surface area contributed by atoms with Crippen LogP contribution in [0.15, 0.2) is 16.7 Å². The summed E-state index contributed by atoms with van der Waals surface area (Å²) in [4.78, 5) is 11.2. The lowest BCUT2D eigenvalue weighted by Gasteiger charge is -2.25. The summed E-state index contributed by atoms with van der Waals surface area (Å²) in [6.07, 6.45) is 2.10. The molecule has 0 radical (unpaired) electrons. The van der Waals surface area contributed by atoms with E-state index in [1.807, 2.05) is 6.92 Å². The highest BCUT2D eigenvalue weighted by molar-refractivity contribution is 5.88. The fraction of sp³-hybridized carbons (Fsp3) is 0.643. The minimum atomic E-state index is -0.744. The average Bonchev–Trinajstić information content (AvgIpc) is 2.74. The molecule has 5 nitrogen and oxygen atoms in total. The van der Waals surface area contributed by atoms with Crippen LogP contribution in [0.1, 0.15) is 43.3 Å². The SMILES string of the molecule is COC(=O)c1coc(CNCC(C)(O)CC(C)C)c1. The zero-order valence-electron chi connectivity index (χ0n) is 12.0. The van der Waals surface area contributed by atoms with Gasteiger partial charge in [-0.2, -0.15) is 0 Å². The monoisotopic (exact) mass is 269 g/mol. The van der Waals surface area contributed by atoms with Gasteiger partial charge in [0.15, 0.2) is 0 Å². The van der Waals surface area contributed by atoms with Gasteiger partial charge in [0.05, 0.1) is 24.8 Å². The molecule has 1 aromatic heterocycles. The highest BCUT2D eigenvalue weighted by Gasteiger charge is 2.21. The molecular weight excluding hydrogens is 246 g/mol. The Hall–Kier alpha value is -1.33. The van der Waals surface area contributed by atoms with Crippen LogP contribution in [0, 0.1) is 5.92 Å². The largest absolute Gasteiger partial charge is 0.467 e. The predicted octanol–water partition coefficient (Wildman–Crippen LogP) is 1.95. The second-order valence-corrected chi connectivity index (χ2v) is 5.49. The Balaban J connectivity index is 2.41. The van der Waals surface area contributed by atoms with Gasteiger partial charge in [-0.3, -0.25) is 0 Å². The van der Waals surface area contributed by atoms with E-state index in [1.165, 1.54) is 13.4 Å². The summed E-state index contributed by atoms with van der Waals surface area (Å²) < 4.78 is 9.83. The number of hydrogen-bond acceptors (Lipinski definition) is 5. The van der Waals surface area contributed by atoms with Gasteiger partial charge in [-0.15, -0.1) is 0 Å². The van der Waals surface area contributed by atoms with Gasteiger partial charge in [0, 0.05) is 6.54 Å². The third-order valence-corrected chi connectivity index (χ3v) is 2.73. The minimum absolute atomic E-state index is 0.397. The molecule has 0 aromatic carbocycles. The molecule has 0 saturated heterocycles. The third kappa shape index (κ3) is 5.44. The molecule has 2 N–H and O–H groups in total. The number of esters is 1. The molecule has 1 rings (SSSR count). The molecule has 19 heavy (non-hydrogen) atoms. The predicted molar refractivity (Wildman–Crippen MR) is 71.8 cm³/mol. The number of carbonyl (C=O) groups is 1. The van der Waals surface area contributed by atoms with Crippen molar-refractivity contribution in [3.05, 3.63) is 23.7 Å². The van der Waals surface area contributed by atoms with E-state index in [4.69, 9.17) is 4.42 Å². The maximum Gasteiger partial charge on any atom is 0.341 e. The van der Waals surface area contributed by atoms with E-state index in [9.17, 15) is 9.90 Å². The molecule has 0 fully saturated rings. The van der Waals surface area contributed by atoms with Crippen LogP contribution < -0.4 is 5.32 Å². The van der Waals surface area contributed by atoms with Crippen molar-refractivity contribution in [1.82, 2.24) is 5.32 Å². The van der Waals surface area contributed by atoms with Gasteiger partial charge in [-0.05, 0) is 25.3 Å². The number of methoxy groups -OCH3 is 1. The number of carbonyl (C=O) groups excluding carboxylic acids is 1. The molecule has 0 aliphatic heterocycles. The van der Waals surface area contributed by atoms with E-state index in [0.717, 1.165) is 6.42 Å². The topological polar surface area (TPSA) is 71.7 Å². The Labute approximate surface area is 113 Å². The van der Waals surface area contributed by atoms with Crippen molar-refractivity contribution in [2.24, 2.45) is 5.92 Å². The highest BCUT2D eigenvalue weighted by atomic mass is 16.5. The Morgan fingerprint density at radius 1 is 1.58 bits per heavy atom. The lowest BCUT2D eigenvalue weighted by Crippen LogP contribution is -2.38. The Kier molecular flexibility index (Phi) is 5.57. The van der Waals surface area contributed by atoms with Gasteiger partial charge in [-0.25, -0.2) is 4.79 Å². The summed E-state index contributed by atoms with van der Waals surface area (Å²) in [5, 5.41) is 13.2. The van der Waals surface area contributed by atoms with Crippen molar-refractivity contribution in [3.63, 3.8) is 0 Å². The van der Waals surface area contributed by atoms with E-state index >= 15 is 0 Å². The number of hydrogen-bond donors (Lipinski definition) is 2. The van der Waals surface area contributed by atoms with Crippen LogP contribution >= 0.6 is 0 Å². The Bertz CT molecular complexity index is 409. The van der Waals surface area contributed by atoms with Gasteiger partial charge in [0.2, 0.25) is 0 Å². The van der Waals surface area contributed by atoms with Crippen molar-refractivity contribution in [1.29, 1.82) is 0 Å². The molecule has 1 atom stereocenters. The smallest absolute Gasteiger partial charge is 0.341 e. The van der Waals surface area contributed by atoms with Crippen LogP contribution in [0.25, 0.3) is 0 Å². The number of aliphatic hydroxyl groups is 1. The summed E-state index contributed by atoms with van der Waals surface area (Å²) in [5.74, 6) is 0.661. The van der Waals surface area contributed by atoms with Crippen molar-refractivity contribution in [2.75, 3.05) is 13.7 Å². The van der Waals surface area contributed by atoms with Crippen molar-refractivity contribution >= 4 is 5.97 Å². The molecule has 0 aliphatic carbocycles. The molecule has 1 heterocycles.